The molecule has 0 aliphatic carbocycles. The van der Waals surface area contributed by atoms with E-state index in [1.165, 1.54) is 6.07 Å². The standard InChI is InChI=1S/C12H16BrFN2O/c13-9-1-2-11(14)10(7-9)12(8-15)16-3-5-17-6-4-16/h1-2,7,12H,3-6,8,15H2. The molecule has 94 valence electrons. The fourth-order valence-electron chi connectivity index (χ4n) is 2.13. The Morgan fingerprint density at radius 1 is 1.41 bits per heavy atom. The minimum absolute atomic E-state index is 0.0728. The molecular formula is C12H16BrFN2O. The molecule has 1 aromatic rings. The molecule has 0 radical (unpaired) electrons. The molecule has 0 amide bonds. The van der Waals surface area contributed by atoms with Crippen LogP contribution in [0, 0.1) is 5.82 Å². The van der Waals surface area contributed by atoms with Gasteiger partial charge in [0.25, 0.3) is 0 Å². The van der Waals surface area contributed by atoms with E-state index in [0.29, 0.717) is 25.3 Å². The summed E-state index contributed by atoms with van der Waals surface area (Å²) in [4.78, 5) is 2.17. The second kappa shape index (κ2) is 5.91. The Bertz CT molecular complexity index is 383. The quantitative estimate of drug-likeness (QED) is 0.927. The third kappa shape index (κ3) is 3.04. The Morgan fingerprint density at radius 3 is 2.76 bits per heavy atom. The largest absolute Gasteiger partial charge is 0.379 e. The van der Waals surface area contributed by atoms with E-state index in [-0.39, 0.29) is 11.9 Å². The van der Waals surface area contributed by atoms with Crippen molar-refractivity contribution in [3.63, 3.8) is 0 Å². The van der Waals surface area contributed by atoms with Crippen LogP contribution >= 0.6 is 15.9 Å². The van der Waals surface area contributed by atoms with Crippen LogP contribution < -0.4 is 5.73 Å². The molecule has 0 aromatic heterocycles. The molecule has 17 heavy (non-hydrogen) atoms. The minimum atomic E-state index is -0.199. The summed E-state index contributed by atoms with van der Waals surface area (Å²) in [7, 11) is 0. The third-order valence-corrected chi connectivity index (χ3v) is 3.52. The molecule has 1 aliphatic heterocycles. The van der Waals surface area contributed by atoms with Gasteiger partial charge < -0.3 is 10.5 Å². The van der Waals surface area contributed by atoms with Crippen LogP contribution in [0.25, 0.3) is 0 Å². The van der Waals surface area contributed by atoms with E-state index in [0.717, 1.165) is 17.6 Å². The molecular weight excluding hydrogens is 287 g/mol. The lowest BCUT2D eigenvalue weighted by atomic mass is 10.0. The Hall–Kier alpha value is -0.490. The van der Waals surface area contributed by atoms with Crippen LogP contribution in [0.15, 0.2) is 22.7 Å². The van der Waals surface area contributed by atoms with Gasteiger partial charge in [0.1, 0.15) is 5.82 Å². The fraction of sp³-hybridized carbons (Fsp3) is 0.500. The zero-order chi connectivity index (χ0) is 12.3. The van der Waals surface area contributed by atoms with Gasteiger partial charge in [-0.2, -0.15) is 0 Å². The lowest BCUT2D eigenvalue weighted by Gasteiger charge is -2.34. The summed E-state index contributed by atoms with van der Waals surface area (Å²) in [6, 6.07) is 4.91. The lowest BCUT2D eigenvalue weighted by Crippen LogP contribution is -2.42. The predicted molar refractivity (Wildman–Crippen MR) is 68.3 cm³/mol. The highest BCUT2D eigenvalue weighted by molar-refractivity contribution is 9.10. The monoisotopic (exact) mass is 302 g/mol. The summed E-state index contributed by atoms with van der Waals surface area (Å²) in [5.74, 6) is -0.199. The van der Waals surface area contributed by atoms with Crippen LogP contribution in [0.4, 0.5) is 4.39 Å². The summed E-state index contributed by atoms with van der Waals surface area (Å²) < 4.78 is 20.0. The number of ether oxygens (including phenoxy) is 1. The summed E-state index contributed by atoms with van der Waals surface area (Å²) >= 11 is 3.37. The van der Waals surface area contributed by atoms with Crippen LogP contribution in [0.1, 0.15) is 11.6 Å². The first-order valence-electron chi connectivity index (χ1n) is 5.69. The van der Waals surface area contributed by atoms with Crippen molar-refractivity contribution in [1.29, 1.82) is 0 Å². The van der Waals surface area contributed by atoms with Crippen LogP contribution in [-0.2, 0) is 4.74 Å². The van der Waals surface area contributed by atoms with Gasteiger partial charge >= 0.3 is 0 Å². The number of rotatable bonds is 3. The molecule has 0 saturated carbocycles. The number of nitrogens with zero attached hydrogens (tertiary/aromatic N) is 1. The van der Waals surface area contributed by atoms with Crippen molar-refractivity contribution in [2.45, 2.75) is 6.04 Å². The van der Waals surface area contributed by atoms with Gasteiger partial charge in [-0.1, -0.05) is 15.9 Å². The highest BCUT2D eigenvalue weighted by Crippen LogP contribution is 2.26. The van der Waals surface area contributed by atoms with Crippen LogP contribution in [0.3, 0.4) is 0 Å². The number of halogens is 2. The average molecular weight is 303 g/mol. The molecule has 1 fully saturated rings. The smallest absolute Gasteiger partial charge is 0.128 e. The van der Waals surface area contributed by atoms with Crippen molar-refractivity contribution < 1.29 is 9.13 Å². The van der Waals surface area contributed by atoms with Gasteiger partial charge in [-0.25, -0.2) is 4.39 Å². The highest BCUT2D eigenvalue weighted by atomic mass is 79.9. The normalized spacial score (nSPS) is 19.2. The van der Waals surface area contributed by atoms with Gasteiger partial charge in [-0.15, -0.1) is 0 Å². The van der Waals surface area contributed by atoms with Crippen LogP contribution in [0.2, 0.25) is 0 Å². The van der Waals surface area contributed by atoms with E-state index in [9.17, 15) is 4.39 Å². The van der Waals surface area contributed by atoms with Crippen molar-refractivity contribution in [1.82, 2.24) is 4.90 Å². The Labute approximate surface area is 109 Å². The second-order valence-electron chi connectivity index (χ2n) is 4.07. The molecule has 1 heterocycles. The predicted octanol–water partition coefficient (Wildman–Crippen LogP) is 1.92. The second-order valence-corrected chi connectivity index (χ2v) is 4.98. The number of nitrogens with two attached hydrogens (primary N) is 1. The molecule has 1 unspecified atom stereocenters. The first kappa shape index (κ1) is 13.0. The summed E-state index contributed by atoms with van der Waals surface area (Å²) in [5, 5.41) is 0. The Morgan fingerprint density at radius 2 is 2.12 bits per heavy atom. The van der Waals surface area contributed by atoms with E-state index in [1.807, 2.05) is 6.07 Å². The summed E-state index contributed by atoms with van der Waals surface area (Å²) in [5.41, 5.74) is 6.45. The first-order valence-corrected chi connectivity index (χ1v) is 6.48. The van der Waals surface area contributed by atoms with Gasteiger partial charge in [0.05, 0.1) is 19.3 Å². The average Bonchev–Trinajstić information content (AvgIpc) is 2.36. The molecule has 0 spiro atoms. The SMILES string of the molecule is NCC(c1cc(Br)ccc1F)N1CCOCC1. The van der Waals surface area contributed by atoms with Crippen molar-refractivity contribution >= 4 is 15.9 Å². The van der Waals surface area contributed by atoms with Gasteiger partial charge in [-0.3, -0.25) is 4.90 Å². The molecule has 3 nitrogen and oxygen atoms in total. The third-order valence-electron chi connectivity index (χ3n) is 3.03. The fourth-order valence-corrected chi connectivity index (χ4v) is 2.51. The summed E-state index contributed by atoms with van der Waals surface area (Å²) in [6.07, 6.45) is 0. The van der Waals surface area contributed by atoms with E-state index in [2.05, 4.69) is 20.8 Å². The zero-order valence-electron chi connectivity index (χ0n) is 9.53. The summed E-state index contributed by atoms with van der Waals surface area (Å²) in [6.45, 7) is 3.38. The highest BCUT2D eigenvalue weighted by Gasteiger charge is 2.23. The van der Waals surface area contributed by atoms with E-state index in [1.54, 1.807) is 6.07 Å². The molecule has 1 atom stereocenters. The molecule has 2 rings (SSSR count). The van der Waals surface area contributed by atoms with E-state index in [4.69, 9.17) is 10.5 Å². The van der Waals surface area contributed by atoms with Gasteiger partial charge in [0, 0.05) is 29.7 Å². The molecule has 5 heteroatoms. The number of benzene rings is 1. The Balaban J connectivity index is 2.24. The van der Waals surface area contributed by atoms with Crippen molar-refractivity contribution in [3.8, 4) is 0 Å². The minimum Gasteiger partial charge on any atom is -0.379 e. The molecule has 2 N–H and O–H groups in total. The maximum atomic E-state index is 13.8. The molecule has 1 saturated heterocycles. The van der Waals surface area contributed by atoms with Gasteiger partial charge in [-0.05, 0) is 18.2 Å². The van der Waals surface area contributed by atoms with E-state index >= 15 is 0 Å². The zero-order valence-corrected chi connectivity index (χ0v) is 11.1. The topological polar surface area (TPSA) is 38.5 Å². The number of morpholine rings is 1. The van der Waals surface area contributed by atoms with Crippen molar-refractivity contribution in [3.05, 3.63) is 34.1 Å². The maximum absolute atomic E-state index is 13.8. The molecule has 1 aromatic carbocycles. The first-order chi connectivity index (χ1) is 8.22. The van der Waals surface area contributed by atoms with Gasteiger partial charge in [0.15, 0.2) is 0 Å². The molecule has 1 aliphatic rings. The maximum Gasteiger partial charge on any atom is 0.128 e. The number of hydrogen-bond acceptors (Lipinski definition) is 3. The van der Waals surface area contributed by atoms with Crippen LogP contribution in [0.5, 0.6) is 0 Å². The number of hydrogen-bond donors (Lipinski definition) is 1. The van der Waals surface area contributed by atoms with Gasteiger partial charge in [0.2, 0.25) is 0 Å². The van der Waals surface area contributed by atoms with E-state index < -0.39 is 0 Å². The Kier molecular flexibility index (Phi) is 4.50. The van der Waals surface area contributed by atoms with Crippen molar-refractivity contribution in [2.75, 3.05) is 32.8 Å². The lowest BCUT2D eigenvalue weighted by molar-refractivity contribution is 0.0172. The van der Waals surface area contributed by atoms with Crippen LogP contribution in [-0.4, -0.2) is 37.7 Å². The molecule has 0 bridgehead atoms. The van der Waals surface area contributed by atoms with Crippen molar-refractivity contribution in [2.24, 2.45) is 5.73 Å².